The van der Waals surface area contributed by atoms with E-state index in [0.717, 1.165) is 0 Å². The predicted octanol–water partition coefficient (Wildman–Crippen LogP) is 1.35. The zero-order valence-electron chi connectivity index (χ0n) is 9.00. The molecule has 1 heterocycles. The third-order valence-corrected chi connectivity index (χ3v) is 1.93. The average molecular weight is 231 g/mol. The van der Waals surface area contributed by atoms with Gasteiger partial charge < -0.3 is 15.7 Å². The van der Waals surface area contributed by atoms with Gasteiger partial charge in [-0.1, -0.05) is 11.6 Å². The lowest BCUT2D eigenvalue weighted by molar-refractivity contribution is 0.0944. The number of aliphatic hydroxyl groups is 1. The maximum absolute atomic E-state index is 9.53. The Hall–Kier alpha value is -1.07. The zero-order valence-corrected chi connectivity index (χ0v) is 9.76. The van der Waals surface area contributed by atoms with Crippen molar-refractivity contribution in [1.82, 2.24) is 9.97 Å². The molecule has 0 saturated heterocycles. The van der Waals surface area contributed by atoms with Gasteiger partial charge in [0.1, 0.15) is 5.02 Å². The number of hydrogen-bond donors (Lipinski definition) is 3. The Morgan fingerprint density at radius 1 is 1.53 bits per heavy atom. The van der Waals surface area contributed by atoms with Crippen LogP contribution in [-0.4, -0.2) is 34.3 Å². The molecule has 0 aliphatic rings. The minimum Gasteiger partial charge on any atom is -0.389 e. The molecule has 0 radical (unpaired) electrons. The number of anilines is 2. The van der Waals surface area contributed by atoms with Crippen molar-refractivity contribution < 1.29 is 5.11 Å². The monoisotopic (exact) mass is 230 g/mol. The van der Waals surface area contributed by atoms with Crippen molar-refractivity contribution in [2.75, 3.05) is 24.2 Å². The van der Waals surface area contributed by atoms with E-state index in [1.165, 1.54) is 6.20 Å². The SMILES string of the molecule is CNc1ncc(Cl)c(NCC(C)(C)O)n1. The summed E-state index contributed by atoms with van der Waals surface area (Å²) >= 11 is 5.89. The molecular weight excluding hydrogens is 216 g/mol. The van der Waals surface area contributed by atoms with Crippen LogP contribution >= 0.6 is 11.6 Å². The van der Waals surface area contributed by atoms with Gasteiger partial charge in [-0.05, 0) is 13.8 Å². The van der Waals surface area contributed by atoms with E-state index in [2.05, 4.69) is 20.6 Å². The quantitative estimate of drug-likeness (QED) is 0.729. The lowest BCUT2D eigenvalue weighted by Gasteiger charge is -2.18. The molecule has 0 aromatic carbocycles. The Kier molecular flexibility index (Phi) is 3.71. The second kappa shape index (κ2) is 4.63. The largest absolute Gasteiger partial charge is 0.389 e. The van der Waals surface area contributed by atoms with Crippen LogP contribution in [0.2, 0.25) is 5.02 Å². The molecule has 84 valence electrons. The fourth-order valence-electron chi connectivity index (χ4n) is 0.912. The molecule has 0 aliphatic carbocycles. The van der Waals surface area contributed by atoms with Gasteiger partial charge >= 0.3 is 0 Å². The predicted molar refractivity (Wildman–Crippen MR) is 61.4 cm³/mol. The van der Waals surface area contributed by atoms with E-state index in [4.69, 9.17) is 11.6 Å². The molecule has 0 fully saturated rings. The summed E-state index contributed by atoms with van der Waals surface area (Å²) in [5.41, 5.74) is -0.811. The molecule has 1 aromatic heterocycles. The van der Waals surface area contributed by atoms with Gasteiger partial charge in [0, 0.05) is 13.6 Å². The van der Waals surface area contributed by atoms with Crippen LogP contribution in [-0.2, 0) is 0 Å². The molecular formula is C9H15ClN4O. The maximum atomic E-state index is 9.53. The van der Waals surface area contributed by atoms with E-state index in [9.17, 15) is 5.11 Å². The molecule has 0 bridgehead atoms. The number of halogens is 1. The van der Waals surface area contributed by atoms with E-state index in [1.807, 2.05) is 0 Å². The summed E-state index contributed by atoms with van der Waals surface area (Å²) in [4.78, 5) is 8.06. The van der Waals surface area contributed by atoms with Crippen LogP contribution < -0.4 is 10.6 Å². The highest BCUT2D eigenvalue weighted by molar-refractivity contribution is 6.32. The van der Waals surface area contributed by atoms with Crippen LogP contribution in [0.15, 0.2) is 6.20 Å². The smallest absolute Gasteiger partial charge is 0.224 e. The molecule has 0 saturated carbocycles. The van der Waals surface area contributed by atoms with Gasteiger partial charge in [0.15, 0.2) is 5.82 Å². The van der Waals surface area contributed by atoms with Crippen LogP contribution in [0.25, 0.3) is 0 Å². The zero-order chi connectivity index (χ0) is 11.5. The third-order valence-electron chi connectivity index (χ3n) is 1.66. The lowest BCUT2D eigenvalue weighted by atomic mass is 10.1. The Morgan fingerprint density at radius 3 is 2.73 bits per heavy atom. The first-order valence-corrected chi connectivity index (χ1v) is 4.97. The van der Waals surface area contributed by atoms with Gasteiger partial charge in [0.2, 0.25) is 5.95 Å². The standard InChI is InChI=1S/C9H15ClN4O/c1-9(2,15)5-13-7-6(10)4-12-8(11-3)14-7/h4,15H,5H2,1-3H3,(H2,11,12,13,14). The summed E-state index contributed by atoms with van der Waals surface area (Å²) in [5.74, 6) is 0.996. The number of hydrogen-bond acceptors (Lipinski definition) is 5. The maximum Gasteiger partial charge on any atom is 0.224 e. The Bertz CT molecular complexity index is 337. The van der Waals surface area contributed by atoms with Crippen molar-refractivity contribution in [2.45, 2.75) is 19.4 Å². The topological polar surface area (TPSA) is 70.1 Å². The number of rotatable bonds is 4. The number of nitrogens with one attached hydrogen (secondary N) is 2. The molecule has 5 nitrogen and oxygen atoms in total. The fraction of sp³-hybridized carbons (Fsp3) is 0.556. The van der Waals surface area contributed by atoms with E-state index >= 15 is 0 Å². The molecule has 0 spiro atoms. The summed E-state index contributed by atoms with van der Waals surface area (Å²) in [6.45, 7) is 3.77. The van der Waals surface area contributed by atoms with Gasteiger partial charge in [-0.2, -0.15) is 4.98 Å². The summed E-state index contributed by atoms with van der Waals surface area (Å²) in [6, 6.07) is 0. The molecule has 3 N–H and O–H groups in total. The summed E-state index contributed by atoms with van der Waals surface area (Å²) in [7, 11) is 1.73. The Balaban J connectivity index is 2.75. The van der Waals surface area contributed by atoms with E-state index in [-0.39, 0.29) is 0 Å². The van der Waals surface area contributed by atoms with E-state index in [1.54, 1.807) is 20.9 Å². The first kappa shape index (κ1) is 12.0. The van der Waals surface area contributed by atoms with Crippen LogP contribution in [0, 0.1) is 0 Å². The van der Waals surface area contributed by atoms with Crippen molar-refractivity contribution in [3.05, 3.63) is 11.2 Å². The summed E-state index contributed by atoms with van der Waals surface area (Å²) in [6.07, 6.45) is 1.51. The molecule has 15 heavy (non-hydrogen) atoms. The van der Waals surface area contributed by atoms with Gasteiger partial charge in [-0.15, -0.1) is 0 Å². The van der Waals surface area contributed by atoms with Crippen molar-refractivity contribution in [1.29, 1.82) is 0 Å². The molecule has 0 atom stereocenters. The molecule has 6 heteroatoms. The first-order valence-electron chi connectivity index (χ1n) is 4.59. The second-order valence-corrected chi connectivity index (χ2v) is 4.21. The Morgan fingerprint density at radius 2 is 2.20 bits per heavy atom. The average Bonchev–Trinajstić information content (AvgIpc) is 2.15. The summed E-state index contributed by atoms with van der Waals surface area (Å²) < 4.78 is 0. The lowest BCUT2D eigenvalue weighted by Crippen LogP contribution is -2.29. The van der Waals surface area contributed by atoms with Crippen LogP contribution in [0.3, 0.4) is 0 Å². The Labute approximate surface area is 93.9 Å². The van der Waals surface area contributed by atoms with Crippen molar-refractivity contribution in [3.63, 3.8) is 0 Å². The highest BCUT2D eigenvalue weighted by Gasteiger charge is 2.13. The second-order valence-electron chi connectivity index (χ2n) is 3.81. The van der Waals surface area contributed by atoms with Gasteiger partial charge in [-0.25, -0.2) is 4.98 Å². The van der Waals surface area contributed by atoms with Crippen molar-refractivity contribution >= 4 is 23.4 Å². The minimum absolute atomic E-state index is 0.368. The fourth-order valence-corrected chi connectivity index (χ4v) is 1.07. The highest BCUT2D eigenvalue weighted by Crippen LogP contribution is 2.19. The summed E-state index contributed by atoms with van der Waals surface area (Å²) in [5, 5.41) is 15.7. The first-order chi connectivity index (χ1) is 6.92. The van der Waals surface area contributed by atoms with Crippen LogP contribution in [0.4, 0.5) is 11.8 Å². The third kappa shape index (κ3) is 3.89. The van der Waals surface area contributed by atoms with E-state index in [0.29, 0.717) is 23.3 Å². The van der Waals surface area contributed by atoms with Gasteiger partial charge in [0.05, 0.1) is 11.8 Å². The normalized spacial score (nSPS) is 11.3. The van der Waals surface area contributed by atoms with Gasteiger partial charge in [0.25, 0.3) is 0 Å². The van der Waals surface area contributed by atoms with Crippen molar-refractivity contribution in [2.24, 2.45) is 0 Å². The highest BCUT2D eigenvalue weighted by atomic mass is 35.5. The van der Waals surface area contributed by atoms with Crippen LogP contribution in [0.5, 0.6) is 0 Å². The van der Waals surface area contributed by atoms with Crippen molar-refractivity contribution in [3.8, 4) is 0 Å². The van der Waals surface area contributed by atoms with Crippen LogP contribution in [0.1, 0.15) is 13.8 Å². The molecule has 1 aromatic rings. The minimum atomic E-state index is -0.811. The molecule has 0 unspecified atom stereocenters. The number of aromatic nitrogens is 2. The molecule has 0 aliphatic heterocycles. The number of nitrogens with zero attached hydrogens (tertiary/aromatic N) is 2. The van der Waals surface area contributed by atoms with Gasteiger partial charge in [-0.3, -0.25) is 0 Å². The molecule has 0 amide bonds. The molecule has 1 rings (SSSR count). The van der Waals surface area contributed by atoms with E-state index < -0.39 is 5.60 Å².